The number of carbonyl (C=O) groups excluding carboxylic acids is 1. The van der Waals surface area contributed by atoms with Gasteiger partial charge in [0.25, 0.3) is 5.91 Å². The summed E-state index contributed by atoms with van der Waals surface area (Å²) in [6, 6.07) is 8.14. The quantitative estimate of drug-likeness (QED) is 0.500. The number of nitrogens with zero attached hydrogens (tertiary/aromatic N) is 6. The zero-order chi connectivity index (χ0) is 24.4. The maximum absolute atomic E-state index is 13.7. The summed E-state index contributed by atoms with van der Waals surface area (Å²) in [5, 5.41) is 3.31. The summed E-state index contributed by atoms with van der Waals surface area (Å²) >= 11 is 0. The second kappa shape index (κ2) is 9.93. The van der Waals surface area contributed by atoms with Gasteiger partial charge in [-0.3, -0.25) is 14.7 Å². The van der Waals surface area contributed by atoms with Gasteiger partial charge in [0.05, 0.1) is 17.8 Å². The van der Waals surface area contributed by atoms with Crippen molar-refractivity contribution >= 4 is 23.4 Å². The highest BCUT2D eigenvalue weighted by Gasteiger charge is 2.35. The fraction of sp³-hybridized carbons (Fsp3) is 0.462. The average Bonchev–Trinajstić information content (AvgIpc) is 3.44. The van der Waals surface area contributed by atoms with Crippen LogP contribution in [-0.4, -0.2) is 59.8 Å². The molecule has 8 heteroatoms. The Balaban J connectivity index is 1.73. The van der Waals surface area contributed by atoms with Gasteiger partial charge in [-0.25, -0.2) is 9.97 Å². The number of amidine groups is 1. The number of aromatic nitrogens is 2. The van der Waals surface area contributed by atoms with Crippen LogP contribution in [0.4, 0.5) is 11.6 Å². The highest BCUT2D eigenvalue weighted by molar-refractivity contribution is 6.10. The Bertz CT molecular complexity index is 1110. The van der Waals surface area contributed by atoms with Crippen LogP contribution >= 0.6 is 0 Å². The number of nitrogens with one attached hydrogen (secondary N) is 1. The first kappa shape index (κ1) is 23.9. The standard InChI is InChI=1S/C26H35N7O/c1-7-31(8-2)25(28-6)21-12-9-13-22(29-21)33-16-20-19(26(33)34)15-23(30-24(20)18(4)27-5)32-14-10-11-17(32)3/h7,9,12-13,15,17-18,27H,1,8,10-11,14,16H2,2-6H3/t17-,18+/m1/s1. The van der Waals surface area contributed by atoms with Crippen molar-refractivity contribution in [1.29, 1.82) is 0 Å². The van der Waals surface area contributed by atoms with Gasteiger partial charge in [-0.2, -0.15) is 0 Å². The zero-order valence-corrected chi connectivity index (χ0v) is 20.9. The summed E-state index contributed by atoms with van der Waals surface area (Å²) in [6.07, 6.45) is 4.03. The van der Waals surface area contributed by atoms with Crippen molar-refractivity contribution in [1.82, 2.24) is 20.2 Å². The van der Waals surface area contributed by atoms with E-state index in [1.807, 2.05) is 43.1 Å². The summed E-state index contributed by atoms with van der Waals surface area (Å²) in [7, 11) is 3.67. The lowest BCUT2D eigenvalue weighted by Crippen LogP contribution is -2.29. The minimum absolute atomic E-state index is 0.0307. The minimum atomic E-state index is -0.0363. The van der Waals surface area contributed by atoms with E-state index in [-0.39, 0.29) is 11.9 Å². The van der Waals surface area contributed by atoms with Crippen LogP contribution in [0.1, 0.15) is 67.0 Å². The number of hydrogen-bond acceptors (Lipinski definition) is 6. The number of hydrogen-bond donors (Lipinski definition) is 1. The molecule has 8 nitrogen and oxygen atoms in total. The maximum atomic E-state index is 13.7. The summed E-state index contributed by atoms with van der Waals surface area (Å²) in [5.41, 5.74) is 3.33. The molecule has 4 rings (SSSR count). The fourth-order valence-corrected chi connectivity index (χ4v) is 4.86. The molecule has 0 spiro atoms. The van der Waals surface area contributed by atoms with Gasteiger partial charge < -0.3 is 15.1 Å². The molecule has 4 heterocycles. The summed E-state index contributed by atoms with van der Waals surface area (Å²) in [6.45, 7) is 12.4. The molecule has 2 aromatic heterocycles. The molecule has 180 valence electrons. The molecule has 2 aliphatic heterocycles. The number of carbonyl (C=O) groups is 1. The van der Waals surface area contributed by atoms with Gasteiger partial charge in [0.2, 0.25) is 0 Å². The molecule has 0 aliphatic carbocycles. The van der Waals surface area contributed by atoms with Crippen molar-refractivity contribution in [3.63, 3.8) is 0 Å². The Morgan fingerprint density at radius 3 is 2.79 bits per heavy atom. The van der Waals surface area contributed by atoms with Crippen LogP contribution in [-0.2, 0) is 6.54 Å². The number of rotatable bonds is 7. The van der Waals surface area contributed by atoms with Gasteiger partial charge in [0, 0.05) is 37.8 Å². The summed E-state index contributed by atoms with van der Waals surface area (Å²) in [4.78, 5) is 34.0. The molecule has 1 fully saturated rings. The van der Waals surface area contributed by atoms with E-state index in [0.717, 1.165) is 54.4 Å². The van der Waals surface area contributed by atoms with E-state index in [4.69, 9.17) is 9.97 Å². The van der Waals surface area contributed by atoms with E-state index in [1.54, 1.807) is 18.1 Å². The van der Waals surface area contributed by atoms with Gasteiger partial charge in [0.15, 0.2) is 5.84 Å². The monoisotopic (exact) mass is 461 g/mol. The summed E-state index contributed by atoms with van der Waals surface area (Å²) < 4.78 is 0. The lowest BCUT2D eigenvalue weighted by molar-refractivity contribution is 0.0996. The molecule has 0 radical (unpaired) electrons. The van der Waals surface area contributed by atoms with Gasteiger partial charge >= 0.3 is 0 Å². The lowest BCUT2D eigenvalue weighted by Gasteiger charge is -2.25. The second-order valence-electron chi connectivity index (χ2n) is 8.87. The van der Waals surface area contributed by atoms with Crippen molar-refractivity contribution in [3.8, 4) is 0 Å². The largest absolute Gasteiger partial charge is 0.354 e. The Morgan fingerprint density at radius 2 is 2.18 bits per heavy atom. The molecule has 0 aromatic carbocycles. The first-order valence-electron chi connectivity index (χ1n) is 12.1. The Labute approximate surface area is 202 Å². The Morgan fingerprint density at radius 1 is 1.38 bits per heavy atom. The third-order valence-corrected chi connectivity index (χ3v) is 6.91. The van der Waals surface area contributed by atoms with Crippen molar-refractivity contribution in [3.05, 3.63) is 59.6 Å². The van der Waals surface area contributed by atoms with Crippen LogP contribution in [0.15, 0.2) is 42.0 Å². The third-order valence-electron chi connectivity index (χ3n) is 6.91. The molecule has 2 aromatic rings. The minimum Gasteiger partial charge on any atom is -0.354 e. The predicted octanol–water partition coefficient (Wildman–Crippen LogP) is 3.75. The molecule has 0 unspecified atom stereocenters. The van der Waals surface area contributed by atoms with Gasteiger partial charge in [-0.15, -0.1) is 0 Å². The van der Waals surface area contributed by atoms with Crippen LogP contribution in [0, 0.1) is 0 Å². The third kappa shape index (κ3) is 4.18. The normalized spacial score (nSPS) is 18.9. The van der Waals surface area contributed by atoms with Crippen LogP contribution < -0.4 is 15.1 Å². The molecule has 1 N–H and O–H groups in total. The molecule has 0 bridgehead atoms. The molecule has 2 atom stereocenters. The smallest absolute Gasteiger partial charge is 0.260 e. The topological polar surface area (TPSA) is 77.0 Å². The van der Waals surface area contributed by atoms with E-state index >= 15 is 0 Å². The van der Waals surface area contributed by atoms with Gasteiger partial charge in [-0.1, -0.05) is 12.6 Å². The Hall–Kier alpha value is -3.26. The highest BCUT2D eigenvalue weighted by atomic mass is 16.2. The number of amides is 1. The zero-order valence-electron chi connectivity index (χ0n) is 20.9. The van der Waals surface area contributed by atoms with Gasteiger partial charge in [0.1, 0.15) is 17.3 Å². The van der Waals surface area contributed by atoms with E-state index in [0.29, 0.717) is 24.1 Å². The molecule has 1 saturated heterocycles. The van der Waals surface area contributed by atoms with Crippen LogP contribution in [0.25, 0.3) is 0 Å². The van der Waals surface area contributed by atoms with Crippen molar-refractivity contribution in [2.24, 2.45) is 4.99 Å². The van der Waals surface area contributed by atoms with Gasteiger partial charge in [-0.05, 0) is 65.1 Å². The first-order chi connectivity index (χ1) is 16.4. The lowest BCUT2D eigenvalue weighted by atomic mass is 10.0. The molecule has 2 aliphatic rings. The van der Waals surface area contributed by atoms with Crippen LogP contribution in [0.3, 0.4) is 0 Å². The molecular formula is C26H35N7O. The maximum Gasteiger partial charge on any atom is 0.260 e. The van der Waals surface area contributed by atoms with E-state index in [9.17, 15) is 4.79 Å². The molecule has 34 heavy (non-hydrogen) atoms. The number of fused-ring (bicyclic) bond motifs is 1. The highest BCUT2D eigenvalue weighted by Crippen LogP contribution is 2.35. The number of aliphatic imine (C=N–C) groups is 1. The van der Waals surface area contributed by atoms with Crippen molar-refractivity contribution < 1.29 is 4.79 Å². The second-order valence-corrected chi connectivity index (χ2v) is 8.87. The Kier molecular flexibility index (Phi) is 6.97. The SMILES string of the molecule is C=CN(CC)C(=NC)c1cccc(N2Cc3c(cc(N4CCC[C@H]4C)nc3[C@H](C)NC)C2=O)n1. The van der Waals surface area contributed by atoms with E-state index in [2.05, 4.69) is 35.6 Å². The van der Waals surface area contributed by atoms with Crippen molar-refractivity contribution in [2.45, 2.75) is 52.2 Å². The van der Waals surface area contributed by atoms with Crippen molar-refractivity contribution in [2.75, 3.05) is 37.0 Å². The average molecular weight is 462 g/mol. The van der Waals surface area contributed by atoms with Crippen LogP contribution in [0.2, 0.25) is 0 Å². The molecule has 0 saturated carbocycles. The fourth-order valence-electron chi connectivity index (χ4n) is 4.86. The van der Waals surface area contributed by atoms with E-state index < -0.39 is 0 Å². The van der Waals surface area contributed by atoms with Crippen LogP contribution in [0.5, 0.6) is 0 Å². The first-order valence-corrected chi connectivity index (χ1v) is 12.1. The molecular weight excluding hydrogens is 426 g/mol. The number of pyridine rings is 2. The number of anilines is 2. The summed E-state index contributed by atoms with van der Waals surface area (Å²) in [5.74, 6) is 2.19. The molecule has 1 amide bonds. The van der Waals surface area contributed by atoms with E-state index in [1.165, 1.54) is 0 Å². The predicted molar refractivity (Wildman–Crippen MR) is 138 cm³/mol.